The summed E-state index contributed by atoms with van der Waals surface area (Å²) in [6.45, 7) is 11.3. The van der Waals surface area contributed by atoms with Crippen molar-refractivity contribution in [3.8, 4) is 5.75 Å². The zero-order valence-corrected chi connectivity index (χ0v) is 16.3. The molecule has 0 atom stereocenters. The van der Waals surface area contributed by atoms with Crippen LogP contribution in [0.15, 0.2) is 60.7 Å². The second kappa shape index (κ2) is 7.65. The summed E-state index contributed by atoms with van der Waals surface area (Å²) in [5.74, 6) is 0.899. The summed E-state index contributed by atoms with van der Waals surface area (Å²) >= 11 is 0. The summed E-state index contributed by atoms with van der Waals surface area (Å²) in [6, 6.07) is 21.6. The summed E-state index contributed by atoms with van der Waals surface area (Å²) in [5.41, 5.74) is 8.66. The molecule has 0 amide bonds. The van der Waals surface area contributed by atoms with E-state index in [1.54, 1.807) is 0 Å². The molecular formula is C24H27NO. The van der Waals surface area contributed by atoms with E-state index in [0.29, 0.717) is 6.61 Å². The quantitative estimate of drug-likeness (QED) is 0.505. The van der Waals surface area contributed by atoms with Crippen LogP contribution >= 0.6 is 0 Å². The third-order valence-electron chi connectivity index (χ3n) is 4.90. The number of aryl methyl sites for hydroxylation is 4. The highest BCUT2D eigenvalue weighted by Gasteiger charge is 2.14. The third-order valence-corrected chi connectivity index (χ3v) is 4.90. The summed E-state index contributed by atoms with van der Waals surface area (Å²) in [4.78, 5) is 2.30. The molecule has 0 aliphatic carbocycles. The van der Waals surface area contributed by atoms with E-state index in [9.17, 15) is 0 Å². The smallest absolute Gasteiger partial charge is 0.119 e. The second-order valence-corrected chi connectivity index (χ2v) is 6.80. The van der Waals surface area contributed by atoms with Crippen molar-refractivity contribution >= 4 is 17.1 Å². The highest BCUT2D eigenvalue weighted by Crippen LogP contribution is 2.36. The van der Waals surface area contributed by atoms with Crippen molar-refractivity contribution in [1.82, 2.24) is 0 Å². The van der Waals surface area contributed by atoms with E-state index >= 15 is 0 Å². The van der Waals surface area contributed by atoms with E-state index in [2.05, 4.69) is 81.1 Å². The zero-order chi connectivity index (χ0) is 18.7. The van der Waals surface area contributed by atoms with Gasteiger partial charge in [-0.1, -0.05) is 12.1 Å². The van der Waals surface area contributed by atoms with Gasteiger partial charge in [-0.2, -0.15) is 0 Å². The monoisotopic (exact) mass is 345 g/mol. The average Bonchev–Trinajstić information content (AvgIpc) is 2.63. The molecule has 0 N–H and O–H groups in total. The fourth-order valence-corrected chi connectivity index (χ4v) is 3.03. The Bertz CT molecular complexity index is 845. The van der Waals surface area contributed by atoms with Gasteiger partial charge in [0, 0.05) is 17.1 Å². The Kier molecular flexibility index (Phi) is 5.32. The van der Waals surface area contributed by atoms with Gasteiger partial charge in [-0.3, -0.25) is 0 Å². The summed E-state index contributed by atoms with van der Waals surface area (Å²) < 4.78 is 5.60. The number of hydrogen-bond acceptors (Lipinski definition) is 2. The Hall–Kier alpha value is -2.74. The van der Waals surface area contributed by atoms with Gasteiger partial charge < -0.3 is 9.64 Å². The fraction of sp³-hybridized carbons (Fsp3) is 0.250. The van der Waals surface area contributed by atoms with E-state index in [-0.39, 0.29) is 0 Å². The standard InChI is InChI=1S/C24H27NO/c1-6-26-24-13-11-21(12-14-24)25(22-9-7-17(2)19(4)15-22)23-10-8-18(3)20(5)16-23/h7-16H,6H2,1-5H3. The van der Waals surface area contributed by atoms with Crippen LogP contribution in [0, 0.1) is 27.7 Å². The first kappa shape index (κ1) is 18.1. The topological polar surface area (TPSA) is 12.5 Å². The van der Waals surface area contributed by atoms with Gasteiger partial charge in [0.15, 0.2) is 0 Å². The van der Waals surface area contributed by atoms with Crippen LogP contribution in [0.25, 0.3) is 0 Å². The van der Waals surface area contributed by atoms with Crippen LogP contribution in [-0.4, -0.2) is 6.61 Å². The highest BCUT2D eigenvalue weighted by atomic mass is 16.5. The molecule has 0 saturated carbocycles. The Morgan fingerprint density at radius 2 is 1.08 bits per heavy atom. The maximum Gasteiger partial charge on any atom is 0.119 e. The van der Waals surface area contributed by atoms with E-state index in [1.165, 1.54) is 33.6 Å². The molecule has 0 aliphatic heterocycles. The van der Waals surface area contributed by atoms with Gasteiger partial charge in [0.05, 0.1) is 6.61 Å². The van der Waals surface area contributed by atoms with Crippen molar-refractivity contribution in [3.05, 3.63) is 82.9 Å². The van der Waals surface area contributed by atoms with Gasteiger partial charge in [0.1, 0.15) is 5.75 Å². The molecule has 0 bridgehead atoms. The van der Waals surface area contributed by atoms with Crippen LogP contribution in [0.1, 0.15) is 29.2 Å². The van der Waals surface area contributed by atoms with E-state index < -0.39 is 0 Å². The predicted molar refractivity (Wildman–Crippen MR) is 111 cm³/mol. The lowest BCUT2D eigenvalue weighted by atomic mass is 10.1. The number of hydrogen-bond donors (Lipinski definition) is 0. The lowest BCUT2D eigenvalue weighted by Gasteiger charge is -2.27. The van der Waals surface area contributed by atoms with Gasteiger partial charge in [0.25, 0.3) is 0 Å². The molecular weight excluding hydrogens is 318 g/mol. The molecule has 0 saturated heterocycles. The number of rotatable bonds is 5. The molecule has 2 heteroatoms. The minimum absolute atomic E-state index is 0.678. The SMILES string of the molecule is CCOc1ccc(N(c2ccc(C)c(C)c2)c2ccc(C)c(C)c2)cc1. The molecule has 0 aromatic heterocycles. The first-order chi connectivity index (χ1) is 12.5. The number of anilines is 3. The predicted octanol–water partition coefficient (Wildman–Crippen LogP) is 6.79. The molecule has 0 radical (unpaired) electrons. The Labute approximate surface area is 157 Å². The van der Waals surface area contributed by atoms with Gasteiger partial charge in [-0.05, 0) is 105 Å². The Morgan fingerprint density at radius 1 is 0.615 bits per heavy atom. The van der Waals surface area contributed by atoms with Gasteiger partial charge in [-0.25, -0.2) is 0 Å². The molecule has 0 aliphatic rings. The van der Waals surface area contributed by atoms with Crippen LogP contribution in [-0.2, 0) is 0 Å². The van der Waals surface area contributed by atoms with Gasteiger partial charge in [-0.15, -0.1) is 0 Å². The number of nitrogens with zero attached hydrogens (tertiary/aromatic N) is 1. The zero-order valence-electron chi connectivity index (χ0n) is 16.3. The molecule has 0 spiro atoms. The van der Waals surface area contributed by atoms with Crippen LogP contribution < -0.4 is 9.64 Å². The normalized spacial score (nSPS) is 10.7. The molecule has 3 aromatic rings. The molecule has 2 nitrogen and oxygen atoms in total. The molecule has 3 rings (SSSR count). The van der Waals surface area contributed by atoms with E-state index in [0.717, 1.165) is 11.4 Å². The van der Waals surface area contributed by atoms with Crippen molar-refractivity contribution in [2.45, 2.75) is 34.6 Å². The van der Waals surface area contributed by atoms with Gasteiger partial charge >= 0.3 is 0 Å². The number of benzene rings is 3. The lowest BCUT2D eigenvalue weighted by molar-refractivity contribution is 0.340. The second-order valence-electron chi connectivity index (χ2n) is 6.80. The Morgan fingerprint density at radius 3 is 1.50 bits per heavy atom. The maximum absolute atomic E-state index is 5.60. The largest absolute Gasteiger partial charge is 0.494 e. The van der Waals surface area contributed by atoms with Crippen molar-refractivity contribution in [2.24, 2.45) is 0 Å². The van der Waals surface area contributed by atoms with Crippen LogP contribution in [0.4, 0.5) is 17.1 Å². The highest BCUT2D eigenvalue weighted by molar-refractivity contribution is 5.77. The van der Waals surface area contributed by atoms with Crippen molar-refractivity contribution in [2.75, 3.05) is 11.5 Å². The first-order valence-corrected chi connectivity index (χ1v) is 9.17. The molecule has 0 unspecified atom stereocenters. The van der Waals surface area contributed by atoms with Crippen LogP contribution in [0.5, 0.6) is 5.75 Å². The maximum atomic E-state index is 5.60. The van der Waals surface area contributed by atoms with Crippen molar-refractivity contribution < 1.29 is 4.74 Å². The van der Waals surface area contributed by atoms with Crippen molar-refractivity contribution in [3.63, 3.8) is 0 Å². The number of ether oxygens (including phenoxy) is 1. The first-order valence-electron chi connectivity index (χ1n) is 9.17. The van der Waals surface area contributed by atoms with E-state index in [1.807, 2.05) is 19.1 Å². The van der Waals surface area contributed by atoms with Crippen molar-refractivity contribution in [1.29, 1.82) is 0 Å². The Balaban J connectivity index is 2.11. The molecule has 0 heterocycles. The average molecular weight is 345 g/mol. The minimum atomic E-state index is 0.678. The lowest BCUT2D eigenvalue weighted by Crippen LogP contribution is -2.10. The third kappa shape index (κ3) is 3.75. The van der Waals surface area contributed by atoms with Crippen LogP contribution in [0.2, 0.25) is 0 Å². The summed E-state index contributed by atoms with van der Waals surface area (Å²) in [6.07, 6.45) is 0. The molecule has 3 aromatic carbocycles. The van der Waals surface area contributed by atoms with E-state index in [4.69, 9.17) is 4.74 Å². The molecule has 0 fully saturated rings. The van der Waals surface area contributed by atoms with Crippen LogP contribution in [0.3, 0.4) is 0 Å². The molecule has 134 valence electrons. The van der Waals surface area contributed by atoms with Gasteiger partial charge in [0.2, 0.25) is 0 Å². The minimum Gasteiger partial charge on any atom is -0.494 e. The fourth-order valence-electron chi connectivity index (χ4n) is 3.03. The summed E-state index contributed by atoms with van der Waals surface area (Å²) in [5, 5.41) is 0. The molecule has 26 heavy (non-hydrogen) atoms. The summed E-state index contributed by atoms with van der Waals surface area (Å²) in [7, 11) is 0.